The summed E-state index contributed by atoms with van der Waals surface area (Å²) in [5, 5.41) is 5.00. The molecule has 2 aliphatic rings. The van der Waals surface area contributed by atoms with Gasteiger partial charge in [-0.3, -0.25) is 4.99 Å². The molecule has 1 saturated heterocycles. The van der Waals surface area contributed by atoms with Gasteiger partial charge in [-0.05, 0) is 32.2 Å². The highest BCUT2D eigenvalue weighted by Gasteiger charge is 2.36. The number of carbonyl (C=O) groups excluding carboxylic acids is 1. The Bertz CT molecular complexity index is 848. The Morgan fingerprint density at radius 2 is 2.17 bits per heavy atom. The molecule has 1 aromatic heterocycles. The molecule has 1 amide bonds. The van der Waals surface area contributed by atoms with Gasteiger partial charge >= 0.3 is 6.09 Å². The number of likely N-dealkylation sites (N-methyl/N-ethyl adjacent to an activating group) is 1. The largest absolute Gasteiger partial charge is 0.444 e. The first-order valence-electron chi connectivity index (χ1n) is 9.60. The van der Waals surface area contributed by atoms with E-state index in [-0.39, 0.29) is 12.1 Å². The summed E-state index contributed by atoms with van der Waals surface area (Å²) in [4.78, 5) is 20.7. The molecule has 1 aromatic rings. The van der Waals surface area contributed by atoms with Crippen molar-refractivity contribution in [2.24, 2.45) is 4.99 Å². The first-order valence-corrected chi connectivity index (χ1v) is 11.9. The maximum atomic E-state index is 12.5. The van der Waals surface area contributed by atoms with Crippen LogP contribution in [-0.4, -0.2) is 92.5 Å². The lowest BCUT2D eigenvalue weighted by Gasteiger charge is -2.39. The van der Waals surface area contributed by atoms with E-state index in [1.807, 2.05) is 20.8 Å². The number of hydrogen-bond donors (Lipinski definition) is 1. The highest BCUT2D eigenvalue weighted by atomic mass is 32.2. The Morgan fingerprint density at radius 1 is 1.41 bits per heavy atom. The second-order valence-corrected chi connectivity index (χ2v) is 11.3. The number of fused-ring (bicyclic) bond motifs is 1. The van der Waals surface area contributed by atoms with E-state index in [1.165, 1.54) is 15.6 Å². The molecule has 0 saturated carbocycles. The second kappa shape index (κ2) is 8.49. The van der Waals surface area contributed by atoms with Crippen molar-refractivity contribution in [1.29, 1.82) is 0 Å². The molecule has 3 rings (SSSR count). The number of amides is 1. The summed E-state index contributed by atoms with van der Waals surface area (Å²) in [5.41, 5.74) is -0.511. The SMILES string of the molecule is CN(CCNC1=NCC2CN(C(=O)OC(C)(C)C)CCN12)S(=O)(=O)c1cccs1. The average molecular weight is 444 g/mol. The van der Waals surface area contributed by atoms with Crippen molar-refractivity contribution in [3.05, 3.63) is 17.5 Å². The molecule has 2 aliphatic heterocycles. The smallest absolute Gasteiger partial charge is 0.410 e. The number of guanidine groups is 1. The van der Waals surface area contributed by atoms with Gasteiger partial charge in [0.25, 0.3) is 10.0 Å². The Balaban J connectivity index is 1.47. The first-order chi connectivity index (χ1) is 13.6. The summed E-state index contributed by atoms with van der Waals surface area (Å²) < 4.78 is 32.1. The molecular formula is C18H29N5O4S2. The van der Waals surface area contributed by atoms with Gasteiger partial charge in [-0.1, -0.05) is 6.07 Å². The van der Waals surface area contributed by atoms with Crippen LogP contribution in [0.2, 0.25) is 0 Å². The van der Waals surface area contributed by atoms with E-state index >= 15 is 0 Å². The number of nitrogens with one attached hydrogen (secondary N) is 1. The number of rotatable bonds is 5. The fourth-order valence-electron chi connectivity index (χ4n) is 3.23. The molecule has 3 heterocycles. The van der Waals surface area contributed by atoms with Gasteiger partial charge in [0.2, 0.25) is 0 Å². The summed E-state index contributed by atoms with van der Waals surface area (Å²) in [6.07, 6.45) is -0.293. The van der Waals surface area contributed by atoms with Crippen LogP contribution in [0, 0.1) is 0 Å². The number of piperazine rings is 1. The number of aliphatic imine (C=N–C) groups is 1. The predicted molar refractivity (Wildman–Crippen MR) is 113 cm³/mol. The number of sulfonamides is 1. The summed E-state index contributed by atoms with van der Waals surface area (Å²) >= 11 is 1.21. The van der Waals surface area contributed by atoms with E-state index in [9.17, 15) is 13.2 Å². The van der Waals surface area contributed by atoms with Crippen LogP contribution >= 0.6 is 11.3 Å². The van der Waals surface area contributed by atoms with Gasteiger partial charge in [0.15, 0.2) is 5.96 Å². The normalized spacial score (nSPS) is 19.9. The van der Waals surface area contributed by atoms with Crippen LogP contribution in [0.25, 0.3) is 0 Å². The highest BCUT2D eigenvalue weighted by molar-refractivity contribution is 7.91. The molecular weight excluding hydrogens is 414 g/mol. The molecule has 1 fully saturated rings. The van der Waals surface area contributed by atoms with Crippen LogP contribution in [0.5, 0.6) is 0 Å². The zero-order valence-electron chi connectivity index (χ0n) is 17.3. The van der Waals surface area contributed by atoms with E-state index < -0.39 is 15.6 Å². The van der Waals surface area contributed by atoms with Crippen LogP contribution in [0.4, 0.5) is 4.79 Å². The summed E-state index contributed by atoms with van der Waals surface area (Å²) in [6, 6.07) is 3.46. The maximum absolute atomic E-state index is 12.5. The minimum atomic E-state index is -3.45. The Hall–Kier alpha value is -1.85. The topological polar surface area (TPSA) is 94.6 Å². The predicted octanol–water partition coefficient (Wildman–Crippen LogP) is 1.25. The molecule has 0 spiro atoms. The molecule has 1 N–H and O–H groups in total. The van der Waals surface area contributed by atoms with E-state index in [1.54, 1.807) is 29.5 Å². The quantitative estimate of drug-likeness (QED) is 0.736. The molecule has 9 nitrogen and oxygen atoms in total. The molecule has 1 atom stereocenters. The monoisotopic (exact) mass is 443 g/mol. The van der Waals surface area contributed by atoms with E-state index in [0.717, 1.165) is 5.96 Å². The molecule has 0 radical (unpaired) electrons. The van der Waals surface area contributed by atoms with Crippen molar-refractivity contribution in [1.82, 2.24) is 19.4 Å². The third kappa shape index (κ3) is 5.20. The Kier molecular flexibility index (Phi) is 6.39. The second-order valence-electron chi connectivity index (χ2n) is 8.12. The van der Waals surface area contributed by atoms with Crippen LogP contribution in [-0.2, 0) is 14.8 Å². The number of ether oxygens (including phenoxy) is 1. The average Bonchev–Trinajstić information content (AvgIpc) is 3.30. The summed E-state index contributed by atoms with van der Waals surface area (Å²) in [7, 11) is -1.87. The number of hydrogen-bond acceptors (Lipinski definition) is 8. The van der Waals surface area contributed by atoms with E-state index in [2.05, 4.69) is 15.2 Å². The van der Waals surface area contributed by atoms with Crippen LogP contribution < -0.4 is 5.32 Å². The molecule has 11 heteroatoms. The number of nitrogens with zero attached hydrogens (tertiary/aromatic N) is 4. The zero-order valence-corrected chi connectivity index (χ0v) is 18.9. The molecule has 29 heavy (non-hydrogen) atoms. The standard InChI is InChI=1S/C18H29N5O4S2/c1-18(2,3)27-17(24)22-9-10-23-14(13-22)12-20-16(23)19-7-8-21(4)29(25,26)15-6-5-11-28-15/h5-6,11,14H,7-10,12-13H2,1-4H3,(H,19,20). The van der Waals surface area contributed by atoms with E-state index in [0.29, 0.717) is 43.5 Å². The molecule has 1 unspecified atom stereocenters. The van der Waals surface area contributed by atoms with Crippen molar-refractivity contribution < 1.29 is 17.9 Å². The lowest BCUT2D eigenvalue weighted by atomic mass is 10.2. The Morgan fingerprint density at radius 3 is 2.83 bits per heavy atom. The molecule has 162 valence electrons. The Labute approximate surface area is 176 Å². The van der Waals surface area contributed by atoms with Gasteiger partial charge in [-0.25, -0.2) is 13.2 Å². The lowest BCUT2D eigenvalue weighted by Crippen LogP contribution is -2.57. The van der Waals surface area contributed by atoms with Gasteiger partial charge in [-0.2, -0.15) is 4.31 Å². The van der Waals surface area contributed by atoms with Gasteiger partial charge in [0.05, 0.1) is 12.6 Å². The number of carbonyl (C=O) groups is 1. The van der Waals surface area contributed by atoms with Crippen LogP contribution in [0.3, 0.4) is 0 Å². The minimum absolute atomic E-state index is 0.117. The first kappa shape index (κ1) is 21.8. The molecule has 0 bridgehead atoms. The summed E-state index contributed by atoms with van der Waals surface area (Å²) in [5.74, 6) is 0.765. The summed E-state index contributed by atoms with van der Waals surface area (Å²) in [6.45, 7) is 8.77. The van der Waals surface area contributed by atoms with Crippen molar-refractivity contribution in [3.8, 4) is 0 Å². The van der Waals surface area contributed by atoms with Crippen molar-refractivity contribution >= 4 is 33.4 Å². The third-order valence-electron chi connectivity index (χ3n) is 4.73. The van der Waals surface area contributed by atoms with Gasteiger partial charge in [0.1, 0.15) is 9.81 Å². The molecule has 0 aromatic carbocycles. The van der Waals surface area contributed by atoms with Crippen LogP contribution in [0.15, 0.2) is 26.7 Å². The minimum Gasteiger partial charge on any atom is -0.444 e. The van der Waals surface area contributed by atoms with Gasteiger partial charge < -0.3 is 19.9 Å². The van der Waals surface area contributed by atoms with Crippen LogP contribution in [0.1, 0.15) is 20.8 Å². The van der Waals surface area contributed by atoms with E-state index in [4.69, 9.17) is 4.74 Å². The van der Waals surface area contributed by atoms with Crippen molar-refractivity contribution in [2.45, 2.75) is 36.6 Å². The lowest BCUT2D eigenvalue weighted by molar-refractivity contribution is 0.0137. The van der Waals surface area contributed by atoms with Crippen molar-refractivity contribution in [2.75, 3.05) is 46.3 Å². The van der Waals surface area contributed by atoms with Crippen molar-refractivity contribution in [3.63, 3.8) is 0 Å². The fourth-order valence-corrected chi connectivity index (χ4v) is 5.60. The fraction of sp³-hybridized carbons (Fsp3) is 0.667. The zero-order chi connectivity index (χ0) is 21.2. The third-order valence-corrected chi connectivity index (χ3v) is 7.96. The highest BCUT2D eigenvalue weighted by Crippen LogP contribution is 2.20. The van der Waals surface area contributed by atoms with Gasteiger partial charge in [-0.15, -0.1) is 11.3 Å². The molecule has 0 aliphatic carbocycles. The number of thiophene rings is 1. The van der Waals surface area contributed by atoms with Gasteiger partial charge in [0, 0.05) is 39.8 Å². The maximum Gasteiger partial charge on any atom is 0.410 e.